The topological polar surface area (TPSA) is 215 Å². The van der Waals surface area contributed by atoms with Crippen LogP contribution in [0.3, 0.4) is 0 Å². The molecule has 7 N–H and O–H groups in total. The molecule has 3 aromatic rings. The number of aliphatic hydroxyl groups excluding tert-OH is 4. The van der Waals surface area contributed by atoms with Crippen molar-refractivity contribution in [3.8, 4) is 5.75 Å². The summed E-state index contributed by atoms with van der Waals surface area (Å²) in [7, 11) is 0. The number of H-pyrrole nitrogens is 1. The van der Waals surface area contributed by atoms with Crippen LogP contribution in [0.1, 0.15) is 23.5 Å². The number of benzene rings is 1. The SMILES string of the molecule is CCOC(=O)c1ccc(OCC(O)CSc2nc3c(=O)[nH]c(N)nc3n2[C@@H]2O[C@H](CO)[C@@H](O)[C@H]2O)cc1. The molecule has 1 saturated heterocycles. The standard InChI is InChI=1S/C22H27N5O9S/c1-2-34-20(33)10-3-5-12(6-4-10)35-8-11(29)9-37-22-24-14-17(25-21(23)26-18(14)32)27(22)19-16(31)15(30)13(7-28)36-19/h3-6,11,13,15-16,19,28-31H,2,7-9H2,1H3,(H3,23,25,26,32)/t11?,13-,15-,16-,19-/m1/s1. The summed E-state index contributed by atoms with van der Waals surface area (Å²) in [5.74, 6) is -0.143. The number of thioether (sulfide) groups is 1. The van der Waals surface area contributed by atoms with Crippen molar-refractivity contribution in [3.63, 3.8) is 0 Å². The maximum absolute atomic E-state index is 12.4. The van der Waals surface area contributed by atoms with Gasteiger partial charge in [0.2, 0.25) is 5.95 Å². The van der Waals surface area contributed by atoms with Gasteiger partial charge in [-0.25, -0.2) is 9.78 Å². The van der Waals surface area contributed by atoms with Gasteiger partial charge in [0, 0.05) is 5.75 Å². The number of carbonyl (C=O) groups is 1. The molecule has 0 bridgehead atoms. The zero-order valence-corrected chi connectivity index (χ0v) is 20.5. The number of hydrogen-bond acceptors (Lipinski definition) is 13. The number of fused-ring (bicyclic) bond motifs is 1. The van der Waals surface area contributed by atoms with E-state index in [-0.39, 0.29) is 41.2 Å². The summed E-state index contributed by atoms with van der Waals surface area (Å²) in [6.07, 6.45) is -6.12. The lowest BCUT2D eigenvalue weighted by molar-refractivity contribution is -0.0548. The Bertz CT molecular complexity index is 1300. The molecule has 14 nitrogen and oxygen atoms in total. The van der Waals surface area contributed by atoms with Gasteiger partial charge < -0.3 is 40.4 Å². The molecule has 200 valence electrons. The Balaban J connectivity index is 1.48. The van der Waals surface area contributed by atoms with Crippen LogP contribution in [0.4, 0.5) is 5.95 Å². The van der Waals surface area contributed by atoms with E-state index in [0.29, 0.717) is 11.3 Å². The number of ether oxygens (including phenoxy) is 3. The number of nitrogens with two attached hydrogens (primary N) is 1. The molecule has 1 unspecified atom stereocenters. The number of aromatic nitrogens is 4. The second-order valence-electron chi connectivity index (χ2n) is 8.14. The van der Waals surface area contributed by atoms with Gasteiger partial charge in [0.05, 0.1) is 24.9 Å². The second-order valence-corrected chi connectivity index (χ2v) is 9.12. The number of esters is 1. The Kier molecular flexibility index (Phi) is 8.31. The number of nitrogen functional groups attached to an aromatic ring is 1. The fourth-order valence-electron chi connectivity index (χ4n) is 3.72. The van der Waals surface area contributed by atoms with E-state index in [4.69, 9.17) is 19.9 Å². The molecular weight excluding hydrogens is 510 g/mol. The van der Waals surface area contributed by atoms with Crippen LogP contribution >= 0.6 is 11.8 Å². The highest BCUT2D eigenvalue weighted by atomic mass is 32.2. The fourth-order valence-corrected chi connectivity index (χ4v) is 4.64. The molecule has 1 fully saturated rings. The van der Waals surface area contributed by atoms with Gasteiger partial charge in [-0.2, -0.15) is 4.98 Å². The van der Waals surface area contributed by atoms with Gasteiger partial charge in [-0.15, -0.1) is 0 Å². The quantitative estimate of drug-likeness (QED) is 0.136. The predicted octanol–water partition coefficient (Wildman–Crippen LogP) is -0.978. The Morgan fingerprint density at radius 2 is 2.00 bits per heavy atom. The van der Waals surface area contributed by atoms with Crippen LogP contribution in [0, 0.1) is 0 Å². The minimum absolute atomic E-state index is 0.00557. The number of aromatic amines is 1. The molecular formula is C22H27N5O9S. The summed E-state index contributed by atoms with van der Waals surface area (Å²) < 4.78 is 17.4. The highest BCUT2D eigenvalue weighted by Crippen LogP contribution is 2.35. The third kappa shape index (κ3) is 5.71. The molecule has 0 radical (unpaired) electrons. The van der Waals surface area contributed by atoms with Gasteiger partial charge >= 0.3 is 5.97 Å². The molecule has 3 heterocycles. The molecule has 0 amide bonds. The molecule has 4 rings (SSSR count). The number of aliphatic hydroxyl groups is 4. The second kappa shape index (κ2) is 11.5. The summed E-state index contributed by atoms with van der Waals surface area (Å²) in [5, 5.41) is 40.8. The summed E-state index contributed by atoms with van der Waals surface area (Å²) in [5.41, 5.74) is 5.36. The number of nitrogens with zero attached hydrogens (tertiary/aromatic N) is 3. The zero-order valence-electron chi connectivity index (χ0n) is 19.7. The molecule has 1 aliphatic rings. The number of imidazole rings is 1. The van der Waals surface area contributed by atoms with Crippen LogP contribution in [0.2, 0.25) is 0 Å². The minimum Gasteiger partial charge on any atom is -0.491 e. The molecule has 5 atom stereocenters. The van der Waals surface area contributed by atoms with Crippen molar-refractivity contribution in [2.45, 2.75) is 42.7 Å². The average molecular weight is 538 g/mol. The monoisotopic (exact) mass is 537 g/mol. The Morgan fingerprint density at radius 3 is 2.65 bits per heavy atom. The summed E-state index contributed by atoms with van der Waals surface area (Å²) in [6.45, 7) is 1.34. The van der Waals surface area contributed by atoms with E-state index in [0.717, 1.165) is 11.8 Å². The first-order valence-corrected chi connectivity index (χ1v) is 12.3. The summed E-state index contributed by atoms with van der Waals surface area (Å²) in [6, 6.07) is 6.26. The van der Waals surface area contributed by atoms with Crippen molar-refractivity contribution < 1.29 is 39.4 Å². The molecule has 37 heavy (non-hydrogen) atoms. The Morgan fingerprint density at radius 1 is 1.27 bits per heavy atom. The van der Waals surface area contributed by atoms with E-state index in [9.17, 15) is 30.0 Å². The highest BCUT2D eigenvalue weighted by molar-refractivity contribution is 7.99. The largest absolute Gasteiger partial charge is 0.491 e. The van der Waals surface area contributed by atoms with E-state index < -0.39 is 48.8 Å². The van der Waals surface area contributed by atoms with Crippen LogP contribution in [0.25, 0.3) is 11.2 Å². The van der Waals surface area contributed by atoms with Gasteiger partial charge in [0.25, 0.3) is 5.56 Å². The lowest BCUT2D eigenvalue weighted by Crippen LogP contribution is -2.33. The zero-order chi connectivity index (χ0) is 26.7. The summed E-state index contributed by atoms with van der Waals surface area (Å²) >= 11 is 1.03. The molecule has 1 aliphatic heterocycles. The van der Waals surface area contributed by atoms with E-state index in [1.54, 1.807) is 31.2 Å². The number of carbonyl (C=O) groups excluding carboxylic acids is 1. The first kappa shape index (κ1) is 26.8. The number of rotatable bonds is 10. The minimum atomic E-state index is -1.46. The van der Waals surface area contributed by atoms with E-state index in [1.807, 2.05) is 0 Å². The first-order valence-electron chi connectivity index (χ1n) is 11.3. The van der Waals surface area contributed by atoms with Crippen molar-refractivity contribution in [1.82, 2.24) is 19.5 Å². The Labute approximate surface area is 214 Å². The van der Waals surface area contributed by atoms with Gasteiger partial charge in [-0.3, -0.25) is 14.3 Å². The number of anilines is 1. The van der Waals surface area contributed by atoms with Crippen molar-refractivity contribution in [1.29, 1.82) is 0 Å². The normalized spacial score (nSPS) is 22.3. The van der Waals surface area contributed by atoms with Crippen molar-refractivity contribution in [2.75, 3.05) is 31.3 Å². The molecule has 1 aromatic carbocycles. The molecule has 0 spiro atoms. The van der Waals surface area contributed by atoms with Gasteiger partial charge in [-0.1, -0.05) is 11.8 Å². The van der Waals surface area contributed by atoms with Crippen LogP contribution in [0.15, 0.2) is 34.2 Å². The fraction of sp³-hybridized carbons (Fsp3) is 0.455. The van der Waals surface area contributed by atoms with Crippen molar-refractivity contribution in [2.24, 2.45) is 0 Å². The van der Waals surface area contributed by atoms with Gasteiger partial charge in [0.15, 0.2) is 22.5 Å². The maximum atomic E-state index is 12.4. The maximum Gasteiger partial charge on any atom is 0.338 e. The number of nitrogens with one attached hydrogen (secondary N) is 1. The van der Waals surface area contributed by atoms with Crippen LogP contribution in [-0.2, 0) is 9.47 Å². The Hall–Kier alpha value is -3.21. The molecule has 15 heteroatoms. The third-order valence-electron chi connectivity index (χ3n) is 5.52. The van der Waals surface area contributed by atoms with Crippen LogP contribution in [0.5, 0.6) is 5.75 Å². The van der Waals surface area contributed by atoms with E-state index >= 15 is 0 Å². The average Bonchev–Trinajstić information content (AvgIpc) is 3.38. The summed E-state index contributed by atoms with van der Waals surface area (Å²) in [4.78, 5) is 34.9. The van der Waals surface area contributed by atoms with Gasteiger partial charge in [0.1, 0.15) is 30.7 Å². The predicted molar refractivity (Wildman–Crippen MR) is 130 cm³/mol. The van der Waals surface area contributed by atoms with Crippen LogP contribution < -0.4 is 16.0 Å². The number of hydrogen-bond donors (Lipinski definition) is 6. The molecule has 2 aromatic heterocycles. The lowest BCUT2D eigenvalue weighted by atomic mass is 10.1. The molecule has 0 saturated carbocycles. The van der Waals surface area contributed by atoms with Crippen molar-refractivity contribution in [3.05, 3.63) is 40.2 Å². The smallest absolute Gasteiger partial charge is 0.338 e. The third-order valence-corrected chi connectivity index (χ3v) is 6.62. The van der Waals surface area contributed by atoms with E-state index in [2.05, 4.69) is 15.0 Å². The first-order chi connectivity index (χ1) is 17.7. The van der Waals surface area contributed by atoms with Crippen molar-refractivity contribution >= 4 is 34.8 Å². The van der Waals surface area contributed by atoms with Gasteiger partial charge in [-0.05, 0) is 31.2 Å². The van der Waals surface area contributed by atoms with Crippen LogP contribution in [-0.4, -0.2) is 95.9 Å². The highest BCUT2D eigenvalue weighted by Gasteiger charge is 2.45. The van der Waals surface area contributed by atoms with E-state index in [1.165, 1.54) is 4.57 Å². The molecule has 0 aliphatic carbocycles. The lowest BCUT2D eigenvalue weighted by Gasteiger charge is -2.19.